The van der Waals surface area contributed by atoms with Gasteiger partial charge in [0.25, 0.3) is 0 Å². The summed E-state index contributed by atoms with van der Waals surface area (Å²) in [7, 11) is 0. The summed E-state index contributed by atoms with van der Waals surface area (Å²) in [5, 5.41) is 20.1. The third-order valence-electron chi connectivity index (χ3n) is 6.83. The SMILES string of the molecule is Cc1ccc(SC(CCCCOc2ccc(Cl)cc2)C(=O)O)cc1.O=C(O)C(CCCCOc1ccc(Cl)cc1)Oc1ccc(Cl)cc1. The van der Waals surface area contributed by atoms with Crippen molar-refractivity contribution in [3.05, 3.63) is 118 Å². The minimum Gasteiger partial charge on any atom is -0.494 e. The first-order chi connectivity index (χ1) is 23.1. The molecule has 2 unspecified atom stereocenters. The number of carbonyl (C=O) groups is 2. The van der Waals surface area contributed by atoms with E-state index in [9.17, 15) is 19.8 Å². The lowest BCUT2D eigenvalue weighted by molar-refractivity contribution is -0.145. The third-order valence-corrected chi connectivity index (χ3v) is 8.85. The lowest BCUT2D eigenvalue weighted by atomic mass is 10.1. The Morgan fingerprint density at radius 2 is 1.04 bits per heavy atom. The van der Waals surface area contributed by atoms with Crippen LogP contribution in [-0.2, 0) is 9.59 Å². The lowest BCUT2D eigenvalue weighted by Gasteiger charge is -2.15. The van der Waals surface area contributed by atoms with E-state index in [1.54, 1.807) is 60.7 Å². The van der Waals surface area contributed by atoms with E-state index in [1.807, 2.05) is 43.3 Å². The molecule has 0 fully saturated rings. The number of aliphatic carboxylic acids is 2. The van der Waals surface area contributed by atoms with Gasteiger partial charge in [0.2, 0.25) is 0 Å². The van der Waals surface area contributed by atoms with Crippen LogP contribution in [0.4, 0.5) is 0 Å². The van der Waals surface area contributed by atoms with E-state index in [4.69, 9.17) is 49.0 Å². The molecule has 0 aromatic heterocycles. The maximum Gasteiger partial charge on any atom is 0.344 e. The second kappa shape index (κ2) is 21.4. The second-order valence-electron chi connectivity index (χ2n) is 10.8. The summed E-state index contributed by atoms with van der Waals surface area (Å²) in [6.07, 6.45) is 3.18. The summed E-state index contributed by atoms with van der Waals surface area (Å²) in [4.78, 5) is 23.7. The van der Waals surface area contributed by atoms with Gasteiger partial charge in [-0.05, 0) is 130 Å². The molecule has 0 radical (unpaired) electrons. The molecule has 0 aliphatic heterocycles. The van der Waals surface area contributed by atoms with Gasteiger partial charge >= 0.3 is 11.9 Å². The van der Waals surface area contributed by atoms with Crippen molar-refractivity contribution in [2.24, 2.45) is 0 Å². The third kappa shape index (κ3) is 15.6. The highest BCUT2D eigenvalue weighted by molar-refractivity contribution is 8.00. The Balaban J connectivity index is 0.000000260. The first kappa shape index (κ1) is 38.9. The van der Waals surface area contributed by atoms with Crippen LogP contribution in [0.15, 0.2) is 102 Å². The Labute approximate surface area is 301 Å². The molecule has 0 heterocycles. The van der Waals surface area contributed by atoms with Crippen LogP contribution in [0.3, 0.4) is 0 Å². The average Bonchev–Trinajstić information content (AvgIpc) is 3.07. The number of aryl methyl sites for hydroxylation is 1. The molecular weight excluding hydrogens is 695 g/mol. The van der Waals surface area contributed by atoms with Crippen molar-refractivity contribution in [3.63, 3.8) is 0 Å². The van der Waals surface area contributed by atoms with Crippen LogP contribution in [0.25, 0.3) is 0 Å². The van der Waals surface area contributed by atoms with Gasteiger partial charge in [0.05, 0.1) is 13.2 Å². The molecule has 48 heavy (non-hydrogen) atoms. The number of carboxylic acids is 2. The van der Waals surface area contributed by atoms with Crippen LogP contribution >= 0.6 is 46.6 Å². The average molecular weight is 734 g/mol. The fraction of sp³-hybridized carbons (Fsp3) is 0.297. The monoisotopic (exact) mass is 732 g/mol. The molecule has 2 N–H and O–H groups in total. The number of carboxylic acid groups (broad SMARTS) is 2. The zero-order valence-corrected chi connectivity index (χ0v) is 29.6. The maximum absolute atomic E-state index is 11.4. The van der Waals surface area contributed by atoms with Crippen LogP contribution in [-0.4, -0.2) is 46.7 Å². The van der Waals surface area contributed by atoms with Crippen LogP contribution in [0.5, 0.6) is 17.2 Å². The van der Waals surface area contributed by atoms with Gasteiger partial charge in [0.1, 0.15) is 22.5 Å². The first-order valence-electron chi connectivity index (χ1n) is 15.5. The number of unbranched alkanes of at least 4 members (excludes halogenated alkanes) is 2. The van der Waals surface area contributed by atoms with Gasteiger partial charge in [-0.3, -0.25) is 4.79 Å². The smallest absolute Gasteiger partial charge is 0.344 e. The number of hydrogen-bond donors (Lipinski definition) is 2. The second-order valence-corrected chi connectivity index (χ2v) is 13.3. The largest absolute Gasteiger partial charge is 0.494 e. The Morgan fingerprint density at radius 3 is 1.48 bits per heavy atom. The van der Waals surface area contributed by atoms with Gasteiger partial charge in [-0.1, -0.05) is 52.5 Å². The molecule has 2 atom stereocenters. The maximum atomic E-state index is 11.4. The molecule has 7 nitrogen and oxygen atoms in total. The normalized spacial score (nSPS) is 11.8. The first-order valence-corrected chi connectivity index (χ1v) is 17.5. The molecule has 4 rings (SSSR count). The van der Waals surface area contributed by atoms with Crippen molar-refractivity contribution in [2.45, 2.75) is 61.7 Å². The predicted molar refractivity (Wildman–Crippen MR) is 194 cm³/mol. The van der Waals surface area contributed by atoms with Crippen LogP contribution in [0.1, 0.15) is 44.1 Å². The molecule has 11 heteroatoms. The van der Waals surface area contributed by atoms with Crippen molar-refractivity contribution >= 4 is 58.5 Å². The number of halogens is 3. The molecule has 0 aliphatic carbocycles. The molecule has 256 valence electrons. The van der Waals surface area contributed by atoms with Crippen molar-refractivity contribution < 1.29 is 34.0 Å². The van der Waals surface area contributed by atoms with Crippen LogP contribution in [0.2, 0.25) is 15.1 Å². The summed E-state index contributed by atoms with van der Waals surface area (Å²) in [5.74, 6) is 0.266. The summed E-state index contributed by atoms with van der Waals surface area (Å²) in [6, 6.07) is 28.9. The molecule has 0 spiro atoms. The summed E-state index contributed by atoms with van der Waals surface area (Å²) < 4.78 is 16.7. The van der Waals surface area contributed by atoms with E-state index in [-0.39, 0.29) is 0 Å². The Bertz CT molecular complexity index is 1400. The Hall–Kier alpha value is -3.56. The van der Waals surface area contributed by atoms with E-state index in [0.29, 0.717) is 53.3 Å². The molecule has 0 aliphatic rings. The predicted octanol–water partition coefficient (Wildman–Crippen LogP) is 10.5. The summed E-state index contributed by atoms with van der Waals surface area (Å²) in [6.45, 7) is 3.10. The summed E-state index contributed by atoms with van der Waals surface area (Å²) in [5.41, 5.74) is 1.17. The molecular formula is C37H39Cl3O7S. The number of rotatable bonds is 18. The number of benzene rings is 4. The molecule has 4 aromatic carbocycles. The fourth-order valence-corrected chi connectivity index (χ4v) is 5.61. The highest BCUT2D eigenvalue weighted by atomic mass is 35.5. The molecule has 0 saturated heterocycles. The van der Waals surface area contributed by atoms with E-state index in [0.717, 1.165) is 35.7 Å². The van der Waals surface area contributed by atoms with Gasteiger partial charge in [0, 0.05) is 20.0 Å². The Kier molecular flexibility index (Phi) is 17.4. The van der Waals surface area contributed by atoms with Crippen LogP contribution in [0, 0.1) is 6.92 Å². The van der Waals surface area contributed by atoms with Gasteiger partial charge in [-0.2, -0.15) is 0 Å². The lowest BCUT2D eigenvalue weighted by Crippen LogP contribution is -2.27. The highest BCUT2D eigenvalue weighted by Crippen LogP contribution is 2.27. The number of ether oxygens (including phenoxy) is 3. The minimum atomic E-state index is -0.983. The standard InChI is InChI=1S/C19H21ClO3S.C18H18Cl2O4/c1-14-5-11-17(12-6-14)24-18(19(21)22)4-2-3-13-23-16-9-7-15(20)8-10-16;19-13-4-8-15(9-5-13)23-12-2-1-3-17(18(21)22)24-16-10-6-14(20)7-11-16/h5-12,18H,2-4,13H2,1H3,(H,21,22);4-11,17H,1-3,12H2,(H,21,22). The van der Waals surface area contributed by atoms with Gasteiger partial charge in [0.15, 0.2) is 6.10 Å². The van der Waals surface area contributed by atoms with Gasteiger partial charge < -0.3 is 24.4 Å². The van der Waals surface area contributed by atoms with Crippen LogP contribution < -0.4 is 14.2 Å². The van der Waals surface area contributed by atoms with Crippen molar-refractivity contribution in [3.8, 4) is 17.2 Å². The molecule has 4 aromatic rings. The molecule has 0 saturated carbocycles. The quantitative estimate of drug-likeness (QED) is 0.0770. The zero-order chi connectivity index (χ0) is 34.7. The number of thioether (sulfide) groups is 1. The van der Waals surface area contributed by atoms with Crippen molar-refractivity contribution in [2.75, 3.05) is 13.2 Å². The summed E-state index contributed by atoms with van der Waals surface area (Å²) >= 11 is 18.8. The Morgan fingerprint density at radius 1 is 0.604 bits per heavy atom. The van der Waals surface area contributed by atoms with E-state index >= 15 is 0 Å². The van der Waals surface area contributed by atoms with Crippen molar-refractivity contribution in [1.29, 1.82) is 0 Å². The highest BCUT2D eigenvalue weighted by Gasteiger charge is 2.19. The van der Waals surface area contributed by atoms with Gasteiger partial charge in [-0.25, -0.2) is 4.79 Å². The molecule has 0 amide bonds. The van der Waals surface area contributed by atoms with E-state index in [1.165, 1.54) is 17.3 Å². The van der Waals surface area contributed by atoms with Gasteiger partial charge in [-0.15, -0.1) is 11.8 Å². The fourth-order valence-electron chi connectivity index (χ4n) is 4.23. The molecule has 0 bridgehead atoms. The van der Waals surface area contributed by atoms with E-state index < -0.39 is 23.3 Å². The topological polar surface area (TPSA) is 102 Å². The number of hydrogen-bond acceptors (Lipinski definition) is 6. The minimum absolute atomic E-state index is 0.405. The van der Waals surface area contributed by atoms with E-state index in [2.05, 4.69) is 0 Å². The van der Waals surface area contributed by atoms with Crippen molar-refractivity contribution in [1.82, 2.24) is 0 Å². The zero-order valence-electron chi connectivity index (χ0n) is 26.5.